The average Bonchev–Trinajstić information content (AvgIpc) is 2.54. The number of anilines is 1. The molecule has 0 unspecified atom stereocenters. The molecule has 2 aromatic rings. The second-order valence-electron chi connectivity index (χ2n) is 4.84. The molecule has 0 fully saturated rings. The number of carbonyl (C=O) groups is 2. The van der Waals surface area contributed by atoms with Gasteiger partial charge in [0.25, 0.3) is 0 Å². The molecule has 0 bridgehead atoms. The van der Waals surface area contributed by atoms with Gasteiger partial charge in [-0.05, 0) is 35.9 Å². The predicted molar refractivity (Wildman–Crippen MR) is 78.4 cm³/mol. The molecule has 0 spiro atoms. The van der Waals surface area contributed by atoms with Crippen LogP contribution in [0.2, 0.25) is 0 Å². The molecule has 0 saturated heterocycles. The summed E-state index contributed by atoms with van der Waals surface area (Å²) in [6.07, 6.45) is 0.420. The minimum absolute atomic E-state index is 0.0456. The van der Waals surface area contributed by atoms with E-state index in [1.165, 1.54) is 18.2 Å². The Hall–Kier alpha value is -3.02. The Morgan fingerprint density at radius 2 is 2.05 bits per heavy atom. The summed E-state index contributed by atoms with van der Waals surface area (Å²) in [5, 5.41) is 9.21. The van der Waals surface area contributed by atoms with Crippen LogP contribution < -0.4 is 15.2 Å². The summed E-state index contributed by atoms with van der Waals surface area (Å²) < 4.78 is 10.9. The lowest BCUT2D eigenvalue weighted by atomic mass is 10.0. The molecule has 1 aliphatic heterocycles. The van der Waals surface area contributed by atoms with Gasteiger partial charge in [0.1, 0.15) is 5.56 Å². The number of esters is 1. The number of carbonyl (C=O) groups excluding carboxylic acids is 1. The van der Waals surface area contributed by atoms with Crippen molar-refractivity contribution in [2.24, 2.45) is 0 Å². The van der Waals surface area contributed by atoms with Crippen LogP contribution in [0.15, 0.2) is 36.4 Å². The van der Waals surface area contributed by atoms with Crippen LogP contribution in [0.5, 0.6) is 11.5 Å². The zero-order chi connectivity index (χ0) is 15.7. The maximum Gasteiger partial charge on any atom is 0.343 e. The molecule has 22 heavy (non-hydrogen) atoms. The molecule has 0 saturated carbocycles. The summed E-state index contributed by atoms with van der Waals surface area (Å²) in [5.74, 6) is -1.56. The average molecular weight is 299 g/mol. The number of hydrogen-bond donors (Lipinski definition) is 2. The van der Waals surface area contributed by atoms with E-state index in [4.69, 9.17) is 15.2 Å². The summed E-state index contributed by atoms with van der Waals surface area (Å²) in [6, 6.07) is 9.31. The monoisotopic (exact) mass is 299 g/mol. The zero-order valence-corrected chi connectivity index (χ0v) is 11.5. The molecule has 0 radical (unpaired) electrons. The van der Waals surface area contributed by atoms with E-state index in [9.17, 15) is 14.7 Å². The van der Waals surface area contributed by atoms with Crippen LogP contribution in [0, 0.1) is 0 Å². The highest BCUT2D eigenvalue weighted by atomic mass is 16.6. The minimum Gasteiger partial charge on any atom is -0.488 e. The van der Waals surface area contributed by atoms with Gasteiger partial charge >= 0.3 is 11.9 Å². The summed E-state index contributed by atoms with van der Waals surface area (Å²) in [5.41, 5.74) is 7.32. The van der Waals surface area contributed by atoms with Crippen LogP contribution in [-0.2, 0) is 6.42 Å². The van der Waals surface area contributed by atoms with Crippen LogP contribution in [0.4, 0.5) is 5.69 Å². The van der Waals surface area contributed by atoms with E-state index < -0.39 is 11.9 Å². The summed E-state index contributed by atoms with van der Waals surface area (Å²) >= 11 is 0. The maximum absolute atomic E-state index is 12.3. The number of aromatic carboxylic acids is 1. The molecule has 3 N–H and O–H groups in total. The number of rotatable bonds is 1. The van der Waals surface area contributed by atoms with Gasteiger partial charge in [-0.2, -0.15) is 0 Å². The molecule has 6 heteroatoms. The van der Waals surface area contributed by atoms with Crippen molar-refractivity contribution in [2.75, 3.05) is 12.3 Å². The molecule has 112 valence electrons. The van der Waals surface area contributed by atoms with Gasteiger partial charge in [-0.1, -0.05) is 6.07 Å². The lowest BCUT2D eigenvalue weighted by Gasteiger charge is -2.11. The van der Waals surface area contributed by atoms with Gasteiger partial charge in [-0.3, -0.25) is 0 Å². The molecule has 0 aromatic heterocycles. The number of ether oxygens (including phenoxy) is 2. The minimum atomic E-state index is -1.14. The van der Waals surface area contributed by atoms with Crippen molar-refractivity contribution >= 4 is 17.6 Å². The SMILES string of the molecule is Nc1ccc2c(c1)CCOc1c(cccc1C(=O)O)OC2=O. The standard InChI is InChI=1S/C16H13NO5/c17-10-4-5-11-9(8-10)6-7-21-14-12(15(18)19)2-1-3-13(14)22-16(11)20/h1-5,8H,6-7,17H2,(H,18,19). The number of nitrogens with two attached hydrogens (primary N) is 1. The highest BCUT2D eigenvalue weighted by Gasteiger charge is 2.23. The highest BCUT2D eigenvalue weighted by Crippen LogP contribution is 2.33. The number of para-hydroxylation sites is 1. The van der Waals surface area contributed by atoms with Gasteiger partial charge < -0.3 is 20.3 Å². The van der Waals surface area contributed by atoms with Crippen LogP contribution in [0.25, 0.3) is 0 Å². The molecule has 6 nitrogen and oxygen atoms in total. The Morgan fingerprint density at radius 1 is 1.23 bits per heavy atom. The summed E-state index contributed by atoms with van der Waals surface area (Å²) in [6.45, 7) is 0.213. The van der Waals surface area contributed by atoms with Crippen LogP contribution in [0.1, 0.15) is 26.3 Å². The number of benzene rings is 2. The van der Waals surface area contributed by atoms with Gasteiger partial charge in [-0.25, -0.2) is 9.59 Å². The van der Waals surface area contributed by atoms with Crippen molar-refractivity contribution < 1.29 is 24.2 Å². The Bertz CT molecular complexity index is 769. The first kappa shape index (κ1) is 13.9. The van der Waals surface area contributed by atoms with Gasteiger partial charge in [0.2, 0.25) is 0 Å². The second-order valence-corrected chi connectivity index (χ2v) is 4.84. The normalized spacial score (nSPS) is 13.5. The quantitative estimate of drug-likeness (QED) is 0.475. The first-order valence-corrected chi connectivity index (χ1v) is 6.66. The van der Waals surface area contributed by atoms with E-state index in [0.29, 0.717) is 23.2 Å². The summed E-state index contributed by atoms with van der Waals surface area (Å²) in [4.78, 5) is 23.6. The van der Waals surface area contributed by atoms with E-state index in [1.54, 1.807) is 18.2 Å². The number of hydrogen-bond acceptors (Lipinski definition) is 5. The Morgan fingerprint density at radius 3 is 2.82 bits per heavy atom. The molecule has 0 atom stereocenters. The van der Waals surface area contributed by atoms with E-state index >= 15 is 0 Å². The first-order chi connectivity index (χ1) is 10.6. The Kier molecular flexibility index (Phi) is 3.42. The van der Waals surface area contributed by atoms with Gasteiger partial charge in [-0.15, -0.1) is 0 Å². The van der Waals surface area contributed by atoms with Crippen molar-refractivity contribution in [3.05, 3.63) is 53.1 Å². The van der Waals surface area contributed by atoms with E-state index in [0.717, 1.165) is 0 Å². The number of fused-ring (bicyclic) bond motifs is 2. The van der Waals surface area contributed by atoms with Crippen molar-refractivity contribution in [1.29, 1.82) is 0 Å². The third-order valence-corrected chi connectivity index (χ3v) is 3.38. The van der Waals surface area contributed by atoms with Crippen molar-refractivity contribution in [3.8, 4) is 11.5 Å². The number of nitrogen functional groups attached to an aromatic ring is 1. The number of carboxylic acid groups (broad SMARTS) is 1. The first-order valence-electron chi connectivity index (χ1n) is 6.66. The van der Waals surface area contributed by atoms with Crippen molar-refractivity contribution in [3.63, 3.8) is 0 Å². The predicted octanol–water partition coefficient (Wildman–Crippen LogP) is 2.12. The van der Waals surface area contributed by atoms with Crippen molar-refractivity contribution in [1.82, 2.24) is 0 Å². The third kappa shape index (κ3) is 2.46. The Balaban J connectivity index is 2.07. The van der Waals surface area contributed by atoms with Crippen LogP contribution >= 0.6 is 0 Å². The molecule has 0 amide bonds. The van der Waals surface area contributed by atoms with Crippen LogP contribution in [0.3, 0.4) is 0 Å². The van der Waals surface area contributed by atoms with Crippen molar-refractivity contribution in [2.45, 2.75) is 6.42 Å². The fourth-order valence-corrected chi connectivity index (χ4v) is 2.35. The molecule has 0 aliphatic carbocycles. The molecular formula is C16H13NO5. The van der Waals surface area contributed by atoms with Gasteiger partial charge in [0.15, 0.2) is 11.5 Å². The topological polar surface area (TPSA) is 98.8 Å². The largest absolute Gasteiger partial charge is 0.488 e. The van der Waals surface area contributed by atoms with Crippen LogP contribution in [-0.4, -0.2) is 23.7 Å². The smallest absolute Gasteiger partial charge is 0.343 e. The lowest BCUT2D eigenvalue weighted by molar-refractivity contribution is 0.0679. The highest BCUT2D eigenvalue weighted by molar-refractivity contribution is 5.95. The summed E-state index contributed by atoms with van der Waals surface area (Å²) in [7, 11) is 0. The fourth-order valence-electron chi connectivity index (χ4n) is 2.35. The molecular weight excluding hydrogens is 286 g/mol. The maximum atomic E-state index is 12.3. The molecule has 3 rings (SSSR count). The third-order valence-electron chi connectivity index (χ3n) is 3.38. The lowest BCUT2D eigenvalue weighted by Crippen LogP contribution is -2.11. The van der Waals surface area contributed by atoms with Gasteiger partial charge in [0, 0.05) is 12.1 Å². The molecule has 1 heterocycles. The number of carboxylic acids is 1. The van der Waals surface area contributed by atoms with E-state index in [-0.39, 0.29) is 23.7 Å². The molecule has 2 aromatic carbocycles. The second kappa shape index (κ2) is 5.40. The molecule has 1 aliphatic rings. The van der Waals surface area contributed by atoms with E-state index in [2.05, 4.69) is 0 Å². The van der Waals surface area contributed by atoms with Gasteiger partial charge in [0.05, 0.1) is 12.2 Å². The zero-order valence-electron chi connectivity index (χ0n) is 11.5. The Labute approximate surface area is 126 Å². The fraction of sp³-hybridized carbons (Fsp3) is 0.125. The van der Waals surface area contributed by atoms with E-state index in [1.807, 2.05) is 0 Å².